The molecule has 132 valence electrons. The number of amides is 2. The minimum atomic E-state index is -0.286. The first-order valence-corrected chi connectivity index (χ1v) is 8.47. The number of benzene rings is 1. The summed E-state index contributed by atoms with van der Waals surface area (Å²) in [4.78, 5) is 28.0. The van der Waals surface area contributed by atoms with Gasteiger partial charge in [-0.05, 0) is 33.0 Å². The van der Waals surface area contributed by atoms with E-state index in [0.29, 0.717) is 19.6 Å². The van der Waals surface area contributed by atoms with Crippen molar-refractivity contribution in [1.29, 1.82) is 0 Å². The highest BCUT2D eigenvalue weighted by Crippen LogP contribution is 2.19. The van der Waals surface area contributed by atoms with Gasteiger partial charge in [0, 0.05) is 26.2 Å². The fourth-order valence-electron chi connectivity index (χ4n) is 3.02. The number of carbonyl (C=O) groups is 2. The second kappa shape index (κ2) is 8.80. The largest absolute Gasteiger partial charge is 0.354 e. The summed E-state index contributed by atoms with van der Waals surface area (Å²) in [7, 11) is 3.83. The number of piperazine rings is 1. The summed E-state index contributed by atoms with van der Waals surface area (Å²) >= 11 is 0. The smallest absolute Gasteiger partial charge is 0.241 e. The fourth-order valence-corrected chi connectivity index (χ4v) is 3.02. The highest BCUT2D eigenvalue weighted by atomic mass is 16.2. The highest BCUT2D eigenvalue weighted by molar-refractivity contribution is 5.83. The van der Waals surface area contributed by atoms with Crippen molar-refractivity contribution >= 4 is 11.8 Å². The number of likely N-dealkylation sites (N-methyl/N-ethyl adjacent to an activating group) is 1. The van der Waals surface area contributed by atoms with Crippen LogP contribution < -0.4 is 10.6 Å². The minimum Gasteiger partial charge on any atom is -0.354 e. The Morgan fingerprint density at radius 1 is 1.42 bits per heavy atom. The molecule has 24 heavy (non-hydrogen) atoms. The Morgan fingerprint density at radius 3 is 2.88 bits per heavy atom. The van der Waals surface area contributed by atoms with Gasteiger partial charge in [0.15, 0.2) is 0 Å². The standard InChI is InChI=1S/C18H28N4O2/c1-14-6-4-7-15(12-14)17(21(2)3)18(24)20-8-5-10-22-11-9-19-16(23)13-22/h4,6-7,12,17H,5,8-11,13H2,1-3H3,(H,19,23)(H,20,24)/t17-/m1/s1. The quantitative estimate of drug-likeness (QED) is 0.715. The number of carbonyl (C=O) groups excluding carboxylic acids is 2. The Labute approximate surface area is 144 Å². The van der Waals surface area contributed by atoms with Crippen LogP contribution in [-0.4, -0.2) is 68.4 Å². The van der Waals surface area contributed by atoms with Gasteiger partial charge in [0.2, 0.25) is 11.8 Å². The van der Waals surface area contributed by atoms with E-state index in [1.807, 2.05) is 44.1 Å². The van der Waals surface area contributed by atoms with Crippen molar-refractivity contribution in [2.24, 2.45) is 0 Å². The van der Waals surface area contributed by atoms with E-state index in [0.717, 1.165) is 30.6 Å². The van der Waals surface area contributed by atoms with Crippen LogP contribution in [0.3, 0.4) is 0 Å². The van der Waals surface area contributed by atoms with Gasteiger partial charge in [0.05, 0.1) is 6.54 Å². The summed E-state index contributed by atoms with van der Waals surface area (Å²) in [5, 5.41) is 5.84. The molecule has 1 fully saturated rings. The summed E-state index contributed by atoms with van der Waals surface area (Å²) < 4.78 is 0. The third kappa shape index (κ3) is 5.32. The molecule has 1 aromatic rings. The van der Waals surface area contributed by atoms with Gasteiger partial charge in [-0.2, -0.15) is 0 Å². The Hall–Kier alpha value is -1.92. The molecular formula is C18H28N4O2. The van der Waals surface area contributed by atoms with Gasteiger partial charge < -0.3 is 10.6 Å². The van der Waals surface area contributed by atoms with E-state index < -0.39 is 0 Å². The van der Waals surface area contributed by atoms with Crippen molar-refractivity contribution in [1.82, 2.24) is 20.4 Å². The second-order valence-corrected chi connectivity index (χ2v) is 6.55. The van der Waals surface area contributed by atoms with Crippen LogP contribution in [0.2, 0.25) is 0 Å². The van der Waals surface area contributed by atoms with Crippen molar-refractivity contribution in [2.45, 2.75) is 19.4 Å². The van der Waals surface area contributed by atoms with Crippen LogP contribution in [0.4, 0.5) is 0 Å². The lowest BCUT2D eigenvalue weighted by molar-refractivity contribution is -0.126. The normalized spacial score (nSPS) is 16.8. The van der Waals surface area contributed by atoms with E-state index in [2.05, 4.69) is 21.6 Å². The molecule has 0 bridgehead atoms. The van der Waals surface area contributed by atoms with Gasteiger partial charge >= 0.3 is 0 Å². The van der Waals surface area contributed by atoms with Crippen LogP contribution in [0, 0.1) is 6.92 Å². The summed E-state index contributed by atoms with van der Waals surface area (Å²) in [6.45, 7) is 5.52. The zero-order valence-electron chi connectivity index (χ0n) is 14.8. The molecular weight excluding hydrogens is 304 g/mol. The van der Waals surface area contributed by atoms with Crippen LogP contribution in [0.15, 0.2) is 24.3 Å². The molecule has 2 rings (SSSR count). The molecule has 0 spiro atoms. The maximum Gasteiger partial charge on any atom is 0.241 e. The van der Waals surface area contributed by atoms with Crippen LogP contribution in [0.1, 0.15) is 23.6 Å². The number of aryl methyl sites for hydroxylation is 1. The van der Waals surface area contributed by atoms with Gasteiger partial charge in [-0.1, -0.05) is 29.8 Å². The molecule has 0 saturated carbocycles. The molecule has 0 radical (unpaired) electrons. The molecule has 6 heteroatoms. The third-order valence-electron chi connectivity index (χ3n) is 4.19. The fraction of sp³-hybridized carbons (Fsp3) is 0.556. The highest BCUT2D eigenvalue weighted by Gasteiger charge is 2.22. The molecule has 0 aromatic heterocycles. The van der Waals surface area contributed by atoms with E-state index in [4.69, 9.17) is 0 Å². The molecule has 0 unspecified atom stereocenters. The monoisotopic (exact) mass is 332 g/mol. The van der Waals surface area contributed by atoms with E-state index >= 15 is 0 Å². The Morgan fingerprint density at radius 2 is 2.21 bits per heavy atom. The SMILES string of the molecule is Cc1cccc([C@H](C(=O)NCCCN2CCNC(=O)C2)N(C)C)c1. The van der Waals surface area contributed by atoms with Gasteiger partial charge in [-0.15, -0.1) is 0 Å². The maximum absolute atomic E-state index is 12.6. The Kier molecular flexibility index (Phi) is 6.75. The van der Waals surface area contributed by atoms with Crippen LogP contribution >= 0.6 is 0 Å². The number of hydrogen-bond acceptors (Lipinski definition) is 4. The lowest BCUT2D eigenvalue weighted by atomic mass is 10.0. The summed E-state index contributed by atoms with van der Waals surface area (Å²) in [6.07, 6.45) is 0.840. The number of nitrogens with one attached hydrogen (secondary N) is 2. The Balaban J connectivity index is 1.82. The Bertz CT molecular complexity index is 574. The predicted octanol–water partition coefficient (Wildman–Crippen LogP) is 0.536. The van der Waals surface area contributed by atoms with E-state index in [1.165, 1.54) is 0 Å². The average molecular weight is 332 g/mol. The molecule has 1 aliphatic rings. The molecule has 1 aliphatic heterocycles. The maximum atomic E-state index is 12.6. The molecule has 1 aromatic carbocycles. The first-order chi connectivity index (χ1) is 11.5. The molecule has 6 nitrogen and oxygen atoms in total. The average Bonchev–Trinajstić information content (AvgIpc) is 2.51. The lowest BCUT2D eigenvalue weighted by Crippen LogP contribution is -2.48. The predicted molar refractivity (Wildman–Crippen MR) is 94.7 cm³/mol. The summed E-state index contributed by atoms with van der Waals surface area (Å²) in [5.41, 5.74) is 2.15. The topological polar surface area (TPSA) is 64.7 Å². The molecule has 1 heterocycles. The van der Waals surface area contributed by atoms with Gasteiger partial charge in [0.25, 0.3) is 0 Å². The molecule has 1 saturated heterocycles. The lowest BCUT2D eigenvalue weighted by Gasteiger charge is -2.27. The summed E-state index contributed by atoms with van der Waals surface area (Å²) in [5.74, 6) is 0.0967. The van der Waals surface area contributed by atoms with Crippen LogP contribution in [-0.2, 0) is 9.59 Å². The van der Waals surface area contributed by atoms with Crippen molar-refractivity contribution in [3.05, 3.63) is 35.4 Å². The summed E-state index contributed by atoms with van der Waals surface area (Å²) in [6, 6.07) is 7.77. The van der Waals surface area contributed by atoms with Crippen molar-refractivity contribution in [3.63, 3.8) is 0 Å². The van der Waals surface area contributed by atoms with Gasteiger partial charge in [-0.3, -0.25) is 19.4 Å². The number of nitrogens with zero attached hydrogens (tertiary/aromatic N) is 2. The minimum absolute atomic E-state index is 0.0157. The van der Waals surface area contributed by atoms with Gasteiger partial charge in [-0.25, -0.2) is 0 Å². The first-order valence-electron chi connectivity index (χ1n) is 8.47. The van der Waals surface area contributed by atoms with E-state index in [9.17, 15) is 9.59 Å². The zero-order chi connectivity index (χ0) is 17.5. The van der Waals surface area contributed by atoms with E-state index in [-0.39, 0.29) is 17.9 Å². The second-order valence-electron chi connectivity index (χ2n) is 6.55. The van der Waals surface area contributed by atoms with Crippen molar-refractivity contribution in [3.8, 4) is 0 Å². The number of rotatable bonds is 7. The molecule has 2 N–H and O–H groups in total. The third-order valence-corrected chi connectivity index (χ3v) is 4.19. The first kappa shape index (κ1) is 18.4. The van der Waals surface area contributed by atoms with Crippen LogP contribution in [0.5, 0.6) is 0 Å². The van der Waals surface area contributed by atoms with Crippen molar-refractivity contribution in [2.75, 3.05) is 46.8 Å². The molecule has 0 aliphatic carbocycles. The zero-order valence-corrected chi connectivity index (χ0v) is 14.8. The number of hydrogen-bond donors (Lipinski definition) is 2. The molecule has 2 amide bonds. The van der Waals surface area contributed by atoms with Gasteiger partial charge in [0.1, 0.15) is 6.04 Å². The van der Waals surface area contributed by atoms with Crippen LogP contribution in [0.25, 0.3) is 0 Å². The van der Waals surface area contributed by atoms with Crippen molar-refractivity contribution < 1.29 is 9.59 Å². The molecule has 1 atom stereocenters. The van der Waals surface area contributed by atoms with E-state index in [1.54, 1.807) is 0 Å².